The molecule has 0 spiro atoms. The largest absolute Gasteiger partial charge is 0.443 e. The number of hydrogen-bond donors (Lipinski definition) is 2. The third kappa shape index (κ3) is 6.02. The van der Waals surface area contributed by atoms with E-state index in [9.17, 15) is 9.59 Å². The number of nitrogens with zero attached hydrogens (tertiary/aromatic N) is 1. The van der Waals surface area contributed by atoms with Gasteiger partial charge in [0.1, 0.15) is 11.6 Å². The Hall–Kier alpha value is -2.08. The highest BCUT2D eigenvalue weighted by molar-refractivity contribution is 5.86. The highest BCUT2D eigenvalue weighted by Crippen LogP contribution is 2.22. The van der Waals surface area contributed by atoms with Crippen LogP contribution in [0.1, 0.15) is 45.6 Å². The molecule has 144 valence electrons. The van der Waals surface area contributed by atoms with Crippen molar-refractivity contribution < 1.29 is 14.3 Å². The van der Waals surface area contributed by atoms with Crippen molar-refractivity contribution in [2.45, 2.75) is 58.2 Å². The Morgan fingerprint density at radius 2 is 1.96 bits per heavy atom. The average molecular weight is 361 g/mol. The zero-order valence-corrected chi connectivity index (χ0v) is 16.1. The number of likely N-dealkylation sites (tertiary alicyclic amines) is 1. The molecule has 0 radical (unpaired) electrons. The predicted molar refractivity (Wildman–Crippen MR) is 102 cm³/mol. The molecule has 2 N–H and O–H groups in total. The van der Waals surface area contributed by atoms with E-state index in [2.05, 4.69) is 22.8 Å². The van der Waals surface area contributed by atoms with Gasteiger partial charge in [-0.25, -0.2) is 4.79 Å². The van der Waals surface area contributed by atoms with Crippen molar-refractivity contribution in [2.75, 3.05) is 19.6 Å². The molecule has 0 aromatic heterocycles. The molecule has 0 saturated carbocycles. The first-order valence-electron chi connectivity index (χ1n) is 9.45. The summed E-state index contributed by atoms with van der Waals surface area (Å²) < 4.78 is 5.54. The highest BCUT2D eigenvalue weighted by Gasteiger charge is 2.36. The summed E-state index contributed by atoms with van der Waals surface area (Å²) in [6.45, 7) is 8.30. The van der Waals surface area contributed by atoms with Gasteiger partial charge in [0.2, 0.25) is 5.91 Å². The quantitative estimate of drug-likeness (QED) is 0.699. The lowest BCUT2D eigenvalue weighted by molar-refractivity contribution is -0.125. The van der Waals surface area contributed by atoms with Gasteiger partial charge in [0.25, 0.3) is 0 Å². The van der Waals surface area contributed by atoms with E-state index in [1.807, 2.05) is 39.0 Å². The van der Waals surface area contributed by atoms with E-state index in [1.165, 1.54) is 5.56 Å². The number of hydrogen-bond acceptors (Lipinski definition) is 4. The minimum Gasteiger partial charge on any atom is -0.443 e. The molecular formula is C20H31N3O3. The Morgan fingerprint density at radius 3 is 2.65 bits per heavy atom. The first-order valence-corrected chi connectivity index (χ1v) is 9.45. The number of amides is 2. The number of nitrogens with one attached hydrogen (secondary N) is 2. The summed E-state index contributed by atoms with van der Waals surface area (Å²) in [4.78, 5) is 26.4. The molecule has 6 heteroatoms. The van der Waals surface area contributed by atoms with Crippen molar-refractivity contribution in [1.82, 2.24) is 15.5 Å². The minimum absolute atomic E-state index is 0.102. The van der Waals surface area contributed by atoms with Crippen molar-refractivity contribution in [2.24, 2.45) is 0 Å². The number of benzene rings is 1. The molecule has 1 aromatic carbocycles. The zero-order valence-electron chi connectivity index (χ0n) is 16.1. The average Bonchev–Trinajstić information content (AvgIpc) is 3.12. The molecule has 0 bridgehead atoms. The first kappa shape index (κ1) is 20.2. The van der Waals surface area contributed by atoms with Gasteiger partial charge in [-0.15, -0.1) is 0 Å². The summed E-state index contributed by atoms with van der Waals surface area (Å²) in [5.74, 6) is -0.102. The normalized spacial score (nSPS) is 17.2. The van der Waals surface area contributed by atoms with Crippen molar-refractivity contribution in [3.63, 3.8) is 0 Å². The summed E-state index contributed by atoms with van der Waals surface area (Å²) in [7, 11) is 0. The van der Waals surface area contributed by atoms with Crippen molar-refractivity contribution in [3.8, 4) is 0 Å². The van der Waals surface area contributed by atoms with Gasteiger partial charge >= 0.3 is 6.09 Å². The SMILES string of the molecule is CCC(C)(C)OC(=O)N1CCCC1C(=O)NCCNCc1ccccc1. The van der Waals surface area contributed by atoms with Crippen LogP contribution in [0.4, 0.5) is 4.79 Å². The standard InChI is InChI=1S/C20H31N3O3/c1-4-20(2,3)26-19(25)23-14-8-11-17(23)18(24)22-13-12-21-15-16-9-6-5-7-10-16/h5-7,9-10,17,21H,4,8,11-15H2,1-3H3,(H,22,24). The third-order valence-corrected chi connectivity index (χ3v) is 4.78. The van der Waals surface area contributed by atoms with E-state index in [1.54, 1.807) is 4.90 Å². The Kier molecular flexibility index (Phi) is 7.45. The van der Waals surface area contributed by atoms with Crippen LogP contribution in [0, 0.1) is 0 Å². The van der Waals surface area contributed by atoms with E-state index >= 15 is 0 Å². The second kappa shape index (κ2) is 9.57. The second-order valence-corrected chi connectivity index (χ2v) is 7.29. The number of carbonyl (C=O) groups is 2. The van der Waals surface area contributed by atoms with E-state index in [-0.39, 0.29) is 5.91 Å². The topological polar surface area (TPSA) is 70.7 Å². The Bertz CT molecular complexity index is 589. The lowest BCUT2D eigenvalue weighted by atomic mass is 10.1. The van der Waals surface area contributed by atoms with Crippen LogP contribution in [0.5, 0.6) is 0 Å². The molecular weight excluding hydrogens is 330 g/mol. The Morgan fingerprint density at radius 1 is 1.23 bits per heavy atom. The second-order valence-electron chi connectivity index (χ2n) is 7.29. The molecule has 1 atom stereocenters. The molecule has 2 rings (SSSR count). The monoisotopic (exact) mass is 361 g/mol. The summed E-state index contributed by atoms with van der Waals surface area (Å²) >= 11 is 0. The number of rotatable bonds is 8. The molecule has 1 unspecified atom stereocenters. The van der Waals surface area contributed by atoms with Gasteiger partial charge in [-0.2, -0.15) is 0 Å². The van der Waals surface area contributed by atoms with Crippen LogP contribution in [0.2, 0.25) is 0 Å². The first-order chi connectivity index (χ1) is 12.4. The fraction of sp³-hybridized carbons (Fsp3) is 0.600. The van der Waals surface area contributed by atoms with E-state index in [0.717, 1.165) is 19.4 Å². The molecule has 0 aliphatic carbocycles. The van der Waals surface area contributed by atoms with Crippen LogP contribution >= 0.6 is 0 Å². The third-order valence-electron chi connectivity index (χ3n) is 4.78. The fourth-order valence-corrected chi connectivity index (χ4v) is 2.85. The van der Waals surface area contributed by atoms with Crippen molar-refractivity contribution >= 4 is 12.0 Å². The van der Waals surface area contributed by atoms with Gasteiger partial charge in [0.05, 0.1) is 0 Å². The molecule has 1 aromatic rings. The van der Waals surface area contributed by atoms with Gasteiger partial charge in [-0.05, 0) is 38.7 Å². The van der Waals surface area contributed by atoms with Gasteiger partial charge in [0, 0.05) is 26.2 Å². The number of carbonyl (C=O) groups excluding carboxylic acids is 2. The Labute approximate surface area is 156 Å². The smallest absolute Gasteiger partial charge is 0.410 e. The molecule has 1 aliphatic rings. The van der Waals surface area contributed by atoms with Crippen LogP contribution < -0.4 is 10.6 Å². The highest BCUT2D eigenvalue weighted by atomic mass is 16.6. The molecule has 1 saturated heterocycles. The zero-order chi connectivity index (χ0) is 19.0. The lowest BCUT2D eigenvalue weighted by Gasteiger charge is -2.29. The maximum atomic E-state index is 12.4. The van der Waals surface area contributed by atoms with Crippen molar-refractivity contribution in [1.29, 1.82) is 0 Å². The summed E-state index contributed by atoms with van der Waals surface area (Å²) in [6, 6.07) is 9.70. The molecule has 1 heterocycles. The van der Waals surface area contributed by atoms with Gasteiger partial charge in [-0.3, -0.25) is 9.69 Å². The van der Waals surface area contributed by atoms with Gasteiger partial charge in [0.15, 0.2) is 0 Å². The Balaban J connectivity index is 1.72. The summed E-state index contributed by atoms with van der Waals surface area (Å²) in [6.07, 6.45) is 1.85. The maximum absolute atomic E-state index is 12.4. The molecule has 6 nitrogen and oxygen atoms in total. The van der Waals surface area contributed by atoms with E-state index < -0.39 is 17.7 Å². The minimum atomic E-state index is -0.512. The number of ether oxygens (including phenoxy) is 1. The van der Waals surface area contributed by atoms with E-state index in [0.29, 0.717) is 26.1 Å². The fourth-order valence-electron chi connectivity index (χ4n) is 2.85. The van der Waals surface area contributed by atoms with Crippen LogP contribution in [0.25, 0.3) is 0 Å². The van der Waals surface area contributed by atoms with Crippen LogP contribution in [-0.4, -0.2) is 48.2 Å². The summed E-state index contributed by atoms with van der Waals surface area (Å²) in [5.41, 5.74) is 0.698. The lowest BCUT2D eigenvalue weighted by Crippen LogP contribution is -2.48. The predicted octanol–water partition coefficient (Wildman–Crippen LogP) is 2.68. The van der Waals surface area contributed by atoms with Gasteiger partial charge < -0.3 is 15.4 Å². The van der Waals surface area contributed by atoms with E-state index in [4.69, 9.17) is 4.74 Å². The summed E-state index contributed by atoms with van der Waals surface area (Å²) in [5, 5.41) is 6.22. The maximum Gasteiger partial charge on any atom is 0.410 e. The van der Waals surface area contributed by atoms with Gasteiger partial charge in [-0.1, -0.05) is 37.3 Å². The van der Waals surface area contributed by atoms with Crippen LogP contribution in [0.3, 0.4) is 0 Å². The van der Waals surface area contributed by atoms with Crippen molar-refractivity contribution in [3.05, 3.63) is 35.9 Å². The molecule has 2 amide bonds. The molecule has 26 heavy (non-hydrogen) atoms. The molecule has 1 fully saturated rings. The van der Waals surface area contributed by atoms with Crippen LogP contribution in [0.15, 0.2) is 30.3 Å². The molecule has 1 aliphatic heterocycles. The van der Waals surface area contributed by atoms with Crippen LogP contribution in [-0.2, 0) is 16.1 Å².